The number of nitrogens with one attached hydrogen (secondary N) is 1. The molecular formula is C15H10ClFN4O2S. The third-order valence-electron chi connectivity index (χ3n) is 3.14. The molecule has 1 heterocycles. The van der Waals surface area contributed by atoms with E-state index in [1.54, 1.807) is 12.1 Å². The number of nitrogens with zero attached hydrogens (tertiary/aromatic N) is 3. The summed E-state index contributed by atoms with van der Waals surface area (Å²) >= 11 is 10.9. The number of H-pyrrole nitrogens is 1. The molecule has 0 bridgehead atoms. The number of rotatable bonds is 3. The third kappa shape index (κ3) is 3.15. The number of aromatic amines is 1. The van der Waals surface area contributed by atoms with Gasteiger partial charge in [0, 0.05) is 5.56 Å². The van der Waals surface area contributed by atoms with Crippen LogP contribution < -0.4 is 0 Å². The quantitative estimate of drug-likeness (QED) is 0.376. The molecule has 0 aliphatic heterocycles. The molecule has 3 rings (SSSR count). The number of aromatic hydroxyl groups is 2. The molecule has 3 aromatic rings. The van der Waals surface area contributed by atoms with Crippen LogP contribution in [-0.4, -0.2) is 31.3 Å². The highest BCUT2D eigenvalue weighted by atomic mass is 35.5. The summed E-state index contributed by atoms with van der Waals surface area (Å²) in [5.74, 6) is -0.735. The second-order valence-electron chi connectivity index (χ2n) is 4.79. The number of phenols is 2. The van der Waals surface area contributed by atoms with Gasteiger partial charge in [0.25, 0.3) is 0 Å². The number of hydrogen-bond donors (Lipinski definition) is 3. The van der Waals surface area contributed by atoms with Gasteiger partial charge in [0.2, 0.25) is 4.77 Å². The summed E-state index contributed by atoms with van der Waals surface area (Å²) in [5.41, 5.74) is 1.07. The van der Waals surface area contributed by atoms with Gasteiger partial charge in [-0.2, -0.15) is 14.9 Å². The minimum atomic E-state index is -0.402. The highest BCUT2D eigenvalue weighted by Crippen LogP contribution is 2.33. The summed E-state index contributed by atoms with van der Waals surface area (Å²) in [7, 11) is 0. The topological polar surface area (TPSA) is 86.4 Å². The van der Waals surface area contributed by atoms with Gasteiger partial charge < -0.3 is 10.2 Å². The zero-order chi connectivity index (χ0) is 17.3. The van der Waals surface area contributed by atoms with Crippen molar-refractivity contribution in [1.29, 1.82) is 0 Å². The number of halogens is 2. The van der Waals surface area contributed by atoms with E-state index < -0.39 is 5.75 Å². The predicted molar refractivity (Wildman–Crippen MR) is 90.6 cm³/mol. The van der Waals surface area contributed by atoms with Gasteiger partial charge in [0.15, 0.2) is 17.3 Å². The van der Waals surface area contributed by atoms with Crippen LogP contribution in [0.15, 0.2) is 41.5 Å². The van der Waals surface area contributed by atoms with Crippen molar-refractivity contribution in [1.82, 2.24) is 14.9 Å². The van der Waals surface area contributed by atoms with Gasteiger partial charge in [-0.25, -0.2) is 9.49 Å². The molecule has 6 nitrogen and oxygen atoms in total. The number of phenolic OH excluding ortho intramolecular Hbond substituents is 2. The lowest BCUT2D eigenvalue weighted by atomic mass is 10.2. The van der Waals surface area contributed by atoms with Crippen molar-refractivity contribution in [3.05, 3.63) is 57.6 Å². The van der Waals surface area contributed by atoms with Crippen molar-refractivity contribution in [3.8, 4) is 22.9 Å². The summed E-state index contributed by atoms with van der Waals surface area (Å²) in [6.45, 7) is 0. The Hall–Kier alpha value is -2.71. The van der Waals surface area contributed by atoms with E-state index in [0.29, 0.717) is 17.0 Å². The first-order chi connectivity index (χ1) is 11.5. The maximum Gasteiger partial charge on any atom is 0.216 e. The molecule has 0 saturated carbocycles. The lowest BCUT2D eigenvalue weighted by Gasteiger charge is -2.03. The molecule has 24 heavy (non-hydrogen) atoms. The van der Waals surface area contributed by atoms with E-state index in [9.17, 15) is 14.6 Å². The number of aromatic nitrogens is 3. The maximum atomic E-state index is 13.0. The smallest absolute Gasteiger partial charge is 0.216 e. The fraction of sp³-hybridized carbons (Fsp3) is 0. The van der Waals surface area contributed by atoms with E-state index in [1.165, 1.54) is 35.2 Å². The molecule has 1 aromatic heterocycles. The molecule has 0 fully saturated rings. The monoisotopic (exact) mass is 364 g/mol. The van der Waals surface area contributed by atoms with Crippen LogP contribution in [0.25, 0.3) is 11.4 Å². The van der Waals surface area contributed by atoms with Gasteiger partial charge >= 0.3 is 0 Å². The second kappa shape index (κ2) is 6.42. The zero-order valence-corrected chi connectivity index (χ0v) is 13.5. The first-order valence-corrected chi connectivity index (χ1v) is 7.43. The van der Waals surface area contributed by atoms with E-state index >= 15 is 0 Å². The maximum absolute atomic E-state index is 13.0. The summed E-state index contributed by atoms with van der Waals surface area (Å²) in [4.78, 5) is 0. The van der Waals surface area contributed by atoms with Crippen molar-refractivity contribution < 1.29 is 14.6 Å². The number of hydrogen-bond acceptors (Lipinski definition) is 5. The standard InChI is InChI=1S/C15H10ClFN4O2S/c16-11-5-8(6-12(22)13(11)23)7-18-21-14(19-20-15(21)24)9-1-3-10(17)4-2-9/h1-7,22-23H,(H,20,24)/b18-7+. The van der Waals surface area contributed by atoms with E-state index in [2.05, 4.69) is 15.3 Å². The first-order valence-electron chi connectivity index (χ1n) is 6.65. The Morgan fingerprint density at radius 2 is 1.96 bits per heavy atom. The third-order valence-corrected chi connectivity index (χ3v) is 3.69. The van der Waals surface area contributed by atoms with Crippen LogP contribution in [0.2, 0.25) is 5.02 Å². The predicted octanol–water partition coefficient (Wildman–Crippen LogP) is 3.69. The van der Waals surface area contributed by atoms with Crippen LogP contribution in [0, 0.1) is 10.6 Å². The van der Waals surface area contributed by atoms with Crippen molar-refractivity contribution >= 4 is 30.0 Å². The molecule has 122 valence electrons. The molecule has 2 aromatic carbocycles. The molecule has 0 unspecified atom stereocenters. The zero-order valence-electron chi connectivity index (χ0n) is 11.9. The lowest BCUT2D eigenvalue weighted by Crippen LogP contribution is -1.95. The van der Waals surface area contributed by atoms with Crippen LogP contribution in [0.5, 0.6) is 11.5 Å². The molecule has 9 heteroatoms. The Balaban J connectivity index is 2.00. The van der Waals surface area contributed by atoms with Gasteiger partial charge in [0.1, 0.15) is 5.82 Å². The average molecular weight is 365 g/mol. The first kappa shape index (κ1) is 16.2. The highest BCUT2D eigenvalue weighted by molar-refractivity contribution is 7.71. The Morgan fingerprint density at radius 3 is 2.62 bits per heavy atom. The van der Waals surface area contributed by atoms with Gasteiger partial charge in [0.05, 0.1) is 11.2 Å². The molecule has 0 amide bonds. The fourth-order valence-corrected chi connectivity index (χ4v) is 2.39. The average Bonchev–Trinajstić information content (AvgIpc) is 2.92. The fourth-order valence-electron chi connectivity index (χ4n) is 1.99. The Kier molecular flexibility index (Phi) is 4.32. The van der Waals surface area contributed by atoms with Gasteiger partial charge in [-0.3, -0.25) is 0 Å². The van der Waals surface area contributed by atoms with Crippen LogP contribution in [0.3, 0.4) is 0 Å². The molecule has 0 aliphatic carbocycles. The minimum Gasteiger partial charge on any atom is -0.504 e. The molecule has 0 saturated heterocycles. The van der Waals surface area contributed by atoms with Gasteiger partial charge in [-0.1, -0.05) is 11.6 Å². The molecule has 0 aliphatic rings. The van der Waals surface area contributed by atoms with Gasteiger partial charge in [-0.05, 0) is 54.2 Å². The minimum absolute atomic E-state index is 0.00833. The molecule has 0 atom stereocenters. The summed E-state index contributed by atoms with van der Waals surface area (Å²) < 4.78 is 14.6. The number of benzene rings is 2. The van der Waals surface area contributed by atoms with E-state index in [1.807, 2.05) is 0 Å². The Bertz CT molecular complexity index is 959. The Morgan fingerprint density at radius 1 is 1.25 bits per heavy atom. The highest BCUT2D eigenvalue weighted by Gasteiger charge is 2.09. The van der Waals surface area contributed by atoms with Crippen molar-refractivity contribution in [3.63, 3.8) is 0 Å². The normalized spacial score (nSPS) is 11.2. The summed E-state index contributed by atoms with van der Waals surface area (Å²) in [6, 6.07) is 8.44. The molecule has 0 radical (unpaired) electrons. The SMILES string of the molecule is Oc1cc(/C=N/n2c(-c3ccc(F)cc3)n[nH]c2=S)cc(Cl)c1O. The van der Waals surface area contributed by atoms with Crippen LogP contribution in [-0.2, 0) is 0 Å². The summed E-state index contributed by atoms with van der Waals surface area (Å²) in [5, 5.41) is 29.9. The van der Waals surface area contributed by atoms with E-state index in [0.717, 1.165) is 0 Å². The van der Waals surface area contributed by atoms with Crippen LogP contribution in [0.1, 0.15) is 5.56 Å². The van der Waals surface area contributed by atoms with Crippen molar-refractivity contribution in [2.75, 3.05) is 0 Å². The van der Waals surface area contributed by atoms with Gasteiger partial charge in [-0.15, -0.1) is 0 Å². The molecule has 0 spiro atoms. The van der Waals surface area contributed by atoms with E-state index in [-0.39, 0.29) is 21.4 Å². The summed E-state index contributed by atoms with van der Waals surface area (Å²) in [6.07, 6.45) is 1.39. The molecule has 3 N–H and O–H groups in total. The van der Waals surface area contributed by atoms with E-state index in [4.69, 9.17) is 23.8 Å². The van der Waals surface area contributed by atoms with Crippen molar-refractivity contribution in [2.45, 2.75) is 0 Å². The largest absolute Gasteiger partial charge is 0.504 e. The lowest BCUT2D eigenvalue weighted by molar-refractivity contribution is 0.404. The van der Waals surface area contributed by atoms with Crippen molar-refractivity contribution in [2.24, 2.45) is 5.10 Å². The Labute approximate surface area is 145 Å². The molecular weight excluding hydrogens is 355 g/mol. The second-order valence-corrected chi connectivity index (χ2v) is 5.58. The van der Waals surface area contributed by atoms with Crippen LogP contribution >= 0.6 is 23.8 Å². The van der Waals surface area contributed by atoms with Crippen LogP contribution in [0.4, 0.5) is 4.39 Å².